The van der Waals surface area contributed by atoms with Crippen molar-refractivity contribution in [1.82, 2.24) is 10.3 Å². The molecule has 1 fully saturated rings. The second kappa shape index (κ2) is 5.06. The number of pyridine rings is 1. The lowest BCUT2D eigenvalue weighted by Gasteiger charge is -2.44. The zero-order chi connectivity index (χ0) is 13.2. The number of aromatic nitrogens is 1. The number of nitrogens with zero attached hydrogens (tertiary/aromatic N) is 1. The van der Waals surface area contributed by atoms with Crippen LogP contribution in [0.5, 0.6) is 0 Å². The highest BCUT2D eigenvalue weighted by Crippen LogP contribution is 2.44. The summed E-state index contributed by atoms with van der Waals surface area (Å²) in [6.07, 6.45) is 3.61. The van der Waals surface area contributed by atoms with Crippen LogP contribution in [0.3, 0.4) is 0 Å². The van der Waals surface area contributed by atoms with Crippen LogP contribution in [0.1, 0.15) is 31.0 Å². The van der Waals surface area contributed by atoms with Crippen LogP contribution >= 0.6 is 0 Å². The van der Waals surface area contributed by atoms with Crippen molar-refractivity contribution in [3.8, 4) is 0 Å². The molecule has 4 nitrogen and oxygen atoms in total. The largest absolute Gasteiger partial charge is 0.351 e. The van der Waals surface area contributed by atoms with Gasteiger partial charge in [-0.2, -0.15) is 0 Å². The molecule has 18 heavy (non-hydrogen) atoms. The van der Waals surface area contributed by atoms with Gasteiger partial charge in [-0.1, -0.05) is 13.0 Å². The summed E-state index contributed by atoms with van der Waals surface area (Å²) < 4.78 is 0. The van der Waals surface area contributed by atoms with Crippen molar-refractivity contribution < 1.29 is 4.79 Å². The van der Waals surface area contributed by atoms with Crippen LogP contribution < -0.4 is 11.1 Å². The quantitative estimate of drug-likeness (QED) is 0.844. The molecule has 1 saturated carbocycles. The Kier molecular flexibility index (Phi) is 3.66. The van der Waals surface area contributed by atoms with Gasteiger partial charge in [-0.25, -0.2) is 0 Å². The lowest BCUT2D eigenvalue weighted by Crippen LogP contribution is -2.53. The summed E-state index contributed by atoms with van der Waals surface area (Å²) in [5, 5.41) is 2.97. The van der Waals surface area contributed by atoms with E-state index in [9.17, 15) is 4.79 Å². The lowest BCUT2D eigenvalue weighted by molar-refractivity contribution is -0.138. The second-order valence-corrected chi connectivity index (χ2v) is 5.49. The Morgan fingerprint density at radius 3 is 2.78 bits per heavy atom. The number of nitrogens with one attached hydrogen (secondary N) is 1. The van der Waals surface area contributed by atoms with Crippen LogP contribution in [-0.2, 0) is 11.3 Å². The predicted molar refractivity (Wildman–Crippen MR) is 70.7 cm³/mol. The summed E-state index contributed by atoms with van der Waals surface area (Å²) in [6, 6.07) is 3.94. The van der Waals surface area contributed by atoms with Crippen molar-refractivity contribution in [2.45, 2.75) is 33.2 Å². The zero-order valence-corrected chi connectivity index (χ0v) is 11.1. The van der Waals surface area contributed by atoms with E-state index in [-0.39, 0.29) is 11.3 Å². The van der Waals surface area contributed by atoms with E-state index < -0.39 is 0 Å². The Hall–Kier alpha value is -1.42. The summed E-state index contributed by atoms with van der Waals surface area (Å²) >= 11 is 0. The van der Waals surface area contributed by atoms with Gasteiger partial charge in [-0.05, 0) is 37.3 Å². The summed E-state index contributed by atoms with van der Waals surface area (Å²) in [7, 11) is 0. The number of aryl methyl sites for hydroxylation is 1. The number of hydrogen-bond donors (Lipinski definition) is 2. The minimum Gasteiger partial charge on any atom is -0.351 e. The molecule has 0 bridgehead atoms. The van der Waals surface area contributed by atoms with Crippen molar-refractivity contribution in [2.75, 3.05) is 6.54 Å². The van der Waals surface area contributed by atoms with Gasteiger partial charge >= 0.3 is 0 Å². The van der Waals surface area contributed by atoms with Crippen LogP contribution in [-0.4, -0.2) is 17.4 Å². The first-order valence-electron chi connectivity index (χ1n) is 6.46. The van der Waals surface area contributed by atoms with Gasteiger partial charge in [0, 0.05) is 25.0 Å². The average Bonchev–Trinajstić information content (AvgIpc) is 2.33. The molecule has 0 saturated heterocycles. The summed E-state index contributed by atoms with van der Waals surface area (Å²) in [6.45, 7) is 5.07. The molecular weight excluding hydrogens is 226 g/mol. The van der Waals surface area contributed by atoms with E-state index in [4.69, 9.17) is 5.73 Å². The molecule has 0 radical (unpaired) electrons. The summed E-state index contributed by atoms with van der Waals surface area (Å²) in [5.41, 5.74) is 7.43. The number of rotatable bonds is 4. The maximum atomic E-state index is 12.2. The molecule has 0 aromatic carbocycles. The van der Waals surface area contributed by atoms with Gasteiger partial charge in [0.2, 0.25) is 5.91 Å². The van der Waals surface area contributed by atoms with Crippen molar-refractivity contribution >= 4 is 5.91 Å². The Morgan fingerprint density at radius 1 is 1.56 bits per heavy atom. The van der Waals surface area contributed by atoms with E-state index in [1.807, 2.05) is 19.1 Å². The zero-order valence-electron chi connectivity index (χ0n) is 11.1. The fourth-order valence-electron chi connectivity index (χ4n) is 2.69. The third kappa shape index (κ3) is 2.53. The molecule has 98 valence electrons. The fraction of sp³-hybridized carbons (Fsp3) is 0.571. The molecule has 1 heterocycles. The highest BCUT2D eigenvalue weighted by atomic mass is 16.2. The Bertz CT molecular complexity index is 421. The minimum absolute atomic E-state index is 0.0867. The highest BCUT2D eigenvalue weighted by Gasteiger charge is 2.46. The van der Waals surface area contributed by atoms with E-state index >= 15 is 0 Å². The average molecular weight is 247 g/mol. The van der Waals surface area contributed by atoms with Crippen LogP contribution in [0, 0.1) is 18.3 Å². The van der Waals surface area contributed by atoms with E-state index in [1.165, 1.54) is 0 Å². The van der Waals surface area contributed by atoms with Gasteiger partial charge in [0.1, 0.15) is 0 Å². The van der Waals surface area contributed by atoms with Crippen LogP contribution in [0.2, 0.25) is 0 Å². The lowest BCUT2D eigenvalue weighted by atomic mass is 9.62. The number of hydrogen-bond acceptors (Lipinski definition) is 3. The van der Waals surface area contributed by atoms with Crippen LogP contribution in [0.25, 0.3) is 0 Å². The molecule has 0 unspecified atom stereocenters. The molecular formula is C14H21N3O. The minimum atomic E-state index is -0.322. The monoisotopic (exact) mass is 247 g/mol. The summed E-state index contributed by atoms with van der Waals surface area (Å²) in [4.78, 5) is 16.4. The highest BCUT2D eigenvalue weighted by molar-refractivity contribution is 5.83. The molecule has 0 spiro atoms. The maximum Gasteiger partial charge on any atom is 0.227 e. The Balaban J connectivity index is 1.90. The number of carbonyl (C=O) groups is 1. The molecule has 1 aromatic heterocycles. The third-order valence-corrected chi connectivity index (χ3v) is 3.78. The fourth-order valence-corrected chi connectivity index (χ4v) is 2.69. The Morgan fingerprint density at radius 2 is 2.28 bits per heavy atom. The van der Waals surface area contributed by atoms with Gasteiger partial charge in [-0.15, -0.1) is 0 Å². The predicted octanol–water partition coefficient (Wildman–Crippen LogP) is 1.38. The molecule has 2 rings (SSSR count). The van der Waals surface area contributed by atoms with Crippen LogP contribution in [0.4, 0.5) is 0 Å². The third-order valence-electron chi connectivity index (χ3n) is 3.78. The number of carbonyl (C=O) groups excluding carboxylic acids is 1. The van der Waals surface area contributed by atoms with Gasteiger partial charge in [-0.3, -0.25) is 9.78 Å². The first-order chi connectivity index (χ1) is 8.55. The van der Waals surface area contributed by atoms with Gasteiger partial charge < -0.3 is 11.1 Å². The van der Waals surface area contributed by atoms with Crippen molar-refractivity contribution in [1.29, 1.82) is 0 Å². The molecule has 1 aliphatic carbocycles. The smallest absolute Gasteiger partial charge is 0.227 e. The van der Waals surface area contributed by atoms with E-state index in [0.29, 0.717) is 19.0 Å². The second-order valence-electron chi connectivity index (χ2n) is 5.49. The van der Waals surface area contributed by atoms with E-state index in [2.05, 4.69) is 17.2 Å². The first-order valence-corrected chi connectivity index (χ1v) is 6.46. The maximum absolute atomic E-state index is 12.2. The standard InChI is InChI=1S/C14H21N3O/c1-10-5-14(6-10,9-15)13(18)17-8-12-4-3-11(2)16-7-12/h3-4,7,10H,5-6,8-9,15H2,1-2H3,(H,17,18). The van der Waals surface area contributed by atoms with Gasteiger partial charge in [0.05, 0.1) is 5.41 Å². The first kappa shape index (κ1) is 13.0. The van der Waals surface area contributed by atoms with E-state index in [1.54, 1.807) is 6.20 Å². The van der Waals surface area contributed by atoms with Gasteiger partial charge in [0.25, 0.3) is 0 Å². The molecule has 1 amide bonds. The van der Waals surface area contributed by atoms with Crippen molar-refractivity contribution in [2.24, 2.45) is 17.1 Å². The normalized spacial score (nSPS) is 26.5. The molecule has 0 aliphatic heterocycles. The Labute approximate surface area is 108 Å². The van der Waals surface area contributed by atoms with E-state index in [0.717, 1.165) is 24.1 Å². The number of amides is 1. The molecule has 1 aromatic rings. The topological polar surface area (TPSA) is 68.0 Å². The van der Waals surface area contributed by atoms with Crippen molar-refractivity contribution in [3.05, 3.63) is 29.6 Å². The van der Waals surface area contributed by atoms with Crippen molar-refractivity contribution in [3.63, 3.8) is 0 Å². The molecule has 4 heteroatoms. The van der Waals surface area contributed by atoms with Gasteiger partial charge in [0.15, 0.2) is 0 Å². The number of nitrogens with two attached hydrogens (primary N) is 1. The molecule has 3 N–H and O–H groups in total. The summed E-state index contributed by atoms with van der Waals surface area (Å²) in [5.74, 6) is 0.698. The molecule has 0 atom stereocenters. The van der Waals surface area contributed by atoms with Crippen LogP contribution in [0.15, 0.2) is 18.3 Å². The SMILES string of the molecule is Cc1ccc(CNC(=O)C2(CN)CC(C)C2)cn1. The molecule has 1 aliphatic rings.